The van der Waals surface area contributed by atoms with Crippen LogP contribution in [0.1, 0.15) is 107 Å². The molecule has 0 aliphatic heterocycles. The molecule has 0 aromatic heterocycles. The molecule has 2 N–H and O–H groups in total. The molecule has 0 aromatic carbocycles. The van der Waals surface area contributed by atoms with Crippen LogP contribution in [0.15, 0.2) is 23.3 Å². The molecule has 4 nitrogen and oxygen atoms in total. The predicted molar refractivity (Wildman–Crippen MR) is 143 cm³/mol. The summed E-state index contributed by atoms with van der Waals surface area (Å²) in [5.74, 6) is 0.643. The first-order valence-corrected chi connectivity index (χ1v) is 14.5. The molecule has 0 spiro atoms. The van der Waals surface area contributed by atoms with E-state index in [2.05, 4.69) is 60.6 Å². The third-order valence-corrected chi connectivity index (χ3v) is 13.1. The largest absolute Gasteiger partial charge is 0.459 e. The molecule has 0 radical (unpaired) electrons. The Labute approximate surface area is 219 Å². The second-order valence-electron chi connectivity index (χ2n) is 15.3. The summed E-state index contributed by atoms with van der Waals surface area (Å²) in [4.78, 5) is 11.9. The number of aliphatic hydroxyl groups excluding tert-OH is 1. The number of ether oxygens (including phenoxy) is 1. The van der Waals surface area contributed by atoms with Gasteiger partial charge in [0.05, 0.1) is 11.7 Å². The summed E-state index contributed by atoms with van der Waals surface area (Å²) in [5, 5.41) is 22.7. The van der Waals surface area contributed by atoms with Gasteiger partial charge in [0.2, 0.25) is 0 Å². The molecule has 0 bridgehead atoms. The number of allylic oxidation sites excluding steroid dienone is 4. The first-order chi connectivity index (χ1) is 16.4. The zero-order valence-corrected chi connectivity index (χ0v) is 24.2. The van der Waals surface area contributed by atoms with Gasteiger partial charge in [0, 0.05) is 12.3 Å². The zero-order valence-electron chi connectivity index (χ0n) is 24.2. The van der Waals surface area contributed by atoms with Crippen molar-refractivity contribution in [2.75, 3.05) is 0 Å². The van der Waals surface area contributed by atoms with Crippen LogP contribution in [0, 0.1) is 44.8 Å². The van der Waals surface area contributed by atoms with Crippen LogP contribution in [0.25, 0.3) is 0 Å². The topological polar surface area (TPSA) is 66.8 Å². The number of carbonyl (C=O) groups is 1. The van der Waals surface area contributed by atoms with Crippen molar-refractivity contribution in [3.8, 4) is 0 Å². The van der Waals surface area contributed by atoms with E-state index >= 15 is 0 Å². The summed E-state index contributed by atoms with van der Waals surface area (Å²) in [6.07, 6.45) is 10.9. The fourth-order valence-electron chi connectivity index (χ4n) is 10.6. The fraction of sp³-hybridized carbons (Fsp3) is 0.844. The molecule has 5 aliphatic rings. The third-order valence-electron chi connectivity index (χ3n) is 13.1. The van der Waals surface area contributed by atoms with Crippen molar-refractivity contribution in [1.29, 1.82) is 0 Å². The Morgan fingerprint density at radius 1 is 0.944 bits per heavy atom. The zero-order chi connectivity index (χ0) is 26.7. The van der Waals surface area contributed by atoms with Crippen LogP contribution >= 0.6 is 0 Å². The molecule has 0 aromatic rings. The number of esters is 1. The number of fused-ring (bicyclic) bond motifs is 7. The van der Waals surface area contributed by atoms with E-state index in [0.29, 0.717) is 18.3 Å². The highest BCUT2D eigenvalue weighted by Crippen LogP contribution is 2.74. The van der Waals surface area contributed by atoms with E-state index in [9.17, 15) is 15.0 Å². The predicted octanol–water partition coefficient (Wildman–Crippen LogP) is 6.60. The highest BCUT2D eigenvalue weighted by molar-refractivity contribution is 5.66. The molecular formula is C32H50O4. The number of aliphatic hydroxyl groups is 2. The van der Waals surface area contributed by atoms with Gasteiger partial charge in [-0.3, -0.25) is 4.79 Å². The number of hydrogen-bond donors (Lipinski definition) is 2. The molecule has 4 fully saturated rings. The molecule has 4 saturated carbocycles. The third kappa shape index (κ3) is 3.22. The first-order valence-electron chi connectivity index (χ1n) is 14.5. The Bertz CT molecular complexity index is 1020. The Balaban J connectivity index is 1.62. The molecule has 10 atom stereocenters. The van der Waals surface area contributed by atoms with Gasteiger partial charge in [-0.05, 0) is 91.3 Å². The van der Waals surface area contributed by atoms with Gasteiger partial charge < -0.3 is 14.9 Å². The number of rotatable bonds is 1. The molecule has 5 rings (SSSR count). The normalized spacial score (nSPS) is 53.6. The molecule has 36 heavy (non-hydrogen) atoms. The average Bonchev–Trinajstić information content (AvgIpc) is 2.75. The highest BCUT2D eigenvalue weighted by Gasteiger charge is 2.68. The van der Waals surface area contributed by atoms with Crippen molar-refractivity contribution in [3.63, 3.8) is 0 Å². The molecule has 202 valence electrons. The lowest BCUT2D eigenvalue weighted by Gasteiger charge is -2.69. The van der Waals surface area contributed by atoms with Crippen molar-refractivity contribution in [1.82, 2.24) is 0 Å². The Kier molecular flexibility index (Phi) is 5.67. The maximum absolute atomic E-state index is 11.9. The van der Waals surface area contributed by atoms with Gasteiger partial charge in [-0.15, -0.1) is 0 Å². The van der Waals surface area contributed by atoms with E-state index < -0.39 is 17.8 Å². The lowest BCUT2D eigenvalue weighted by Crippen LogP contribution is -2.64. The quantitative estimate of drug-likeness (QED) is 0.400. The minimum Gasteiger partial charge on any atom is -0.459 e. The molecule has 0 amide bonds. The monoisotopic (exact) mass is 498 g/mol. The minimum atomic E-state index is -0.672. The van der Waals surface area contributed by atoms with Crippen molar-refractivity contribution >= 4 is 5.97 Å². The summed E-state index contributed by atoms with van der Waals surface area (Å²) in [7, 11) is 0. The van der Waals surface area contributed by atoms with E-state index in [-0.39, 0.29) is 39.0 Å². The lowest BCUT2D eigenvalue weighted by atomic mass is 9.35. The van der Waals surface area contributed by atoms with E-state index in [4.69, 9.17) is 4.74 Å². The summed E-state index contributed by atoms with van der Waals surface area (Å²) >= 11 is 0. The standard InChI is InChI=1S/C32H50O4/c1-19-25-21-10-11-24-29(6)18-22(34)26(36-20(2)33)27(3,4)23(29)12-13-31(24,8)30(21,7)16-14-28(25,5)15-17-32(19,9)35/h10-11,19,22-23,25-26,34-35H,12-18H2,1-9H3/t19-,22-,23?,25+,26+,28+,29+,30-,31-,32+/m1/s1. The average molecular weight is 499 g/mol. The summed E-state index contributed by atoms with van der Waals surface area (Å²) < 4.78 is 5.74. The minimum absolute atomic E-state index is 0.0107. The molecular weight excluding hydrogens is 448 g/mol. The number of hydrogen-bond acceptors (Lipinski definition) is 4. The van der Waals surface area contributed by atoms with Crippen LogP contribution in [0.5, 0.6) is 0 Å². The molecule has 0 saturated heterocycles. The summed E-state index contributed by atoms with van der Waals surface area (Å²) in [5.41, 5.74) is 2.26. The highest BCUT2D eigenvalue weighted by atomic mass is 16.6. The Hall–Kier alpha value is -1.13. The van der Waals surface area contributed by atoms with Gasteiger partial charge in [-0.1, -0.05) is 71.8 Å². The fourth-order valence-corrected chi connectivity index (χ4v) is 10.6. The van der Waals surface area contributed by atoms with Crippen LogP contribution in [-0.2, 0) is 9.53 Å². The van der Waals surface area contributed by atoms with Gasteiger partial charge in [0.15, 0.2) is 0 Å². The van der Waals surface area contributed by atoms with Crippen LogP contribution in [0.3, 0.4) is 0 Å². The number of carbonyl (C=O) groups excluding carboxylic acids is 1. The van der Waals surface area contributed by atoms with Gasteiger partial charge in [-0.2, -0.15) is 0 Å². The van der Waals surface area contributed by atoms with E-state index in [0.717, 1.165) is 25.7 Å². The first kappa shape index (κ1) is 26.5. The molecule has 5 aliphatic carbocycles. The van der Waals surface area contributed by atoms with Crippen molar-refractivity contribution in [2.24, 2.45) is 44.8 Å². The van der Waals surface area contributed by atoms with Crippen molar-refractivity contribution in [3.05, 3.63) is 23.3 Å². The second-order valence-corrected chi connectivity index (χ2v) is 15.3. The van der Waals surface area contributed by atoms with Gasteiger partial charge in [-0.25, -0.2) is 0 Å². The van der Waals surface area contributed by atoms with Crippen molar-refractivity contribution < 1.29 is 19.7 Å². The summed E-state index contributed by atoms with van der Waals surface area (Å²) in [6.45, 7) is 20.0. The summed E-state index contributed by atoms with van der Waals surface area (Å²) in [6, 6.07) is 0. The Morgan fingerprint density at radius 2 is 1.58 bits per heavy atom. The molecule has 0 heterocycles. The maximum atomic E-state index is 11.9. The van der Waals surface area contributed by atoms with Gasteiger partial charge in [0.1, 0.15) is 6.10 Å². The van der Waals surface area contributed by atoms with Crippen LogP contribution in [0.4, 0.5) is 0 Å². The van der Waals surface area contributed by atoms with E-state index in [1.165, 1.54) is 25.3 Å². The Morgan fingerprint density at radius 3 is 2.22 bits per heavy atom. The smallest absolute Gasteiger partial charge is 0.303 e. The second kappa shape index (κ2) is 7.72. The maximum Gasteiger partial charge on any atom is 0.303 e. The lowest BCUT2D eigenvalue weighted by molar-refractivity contribution is -0.200. The van der Waals surface area contributed by atoms with Crippen LogP contribution in [-0.4, -0.2) is 34.0 Å². The van der Waals surface area contributed by atoms with Crippen molar-refractivity contribution in [2.45, 2.75) is 125 Å². The van der Waals surface area contributed by atoms with Crippen LogP contribution < -0.4 is 0 Å². The molecule has 4 heteroatoms. The van der Waals surface area contributed by atoms with E-state index in [1.807, 2.05) is 6.92 Å². The molecule has 1 unspecified atom stereocenters. The van der Waals surface area contributed by atoms with Crippen LogP contribution in [0.2, 0.25) is 0 Å². The van der Waals surface area contributed by atoms with Gasteiger partial charge in [0.25, 0.3) is 0 Å². The van der Waals surface area contributed by atoms with E-state index in [1.54, 1.807) is 5.57 Å². The SMILES string of the molecule is CC(=O)O[C@H]1[C@H](O)C[C@]2(C)C3=CC=C4[C@@H]5[C@@H](C)[C@@](C)(O)CC[C@]5(C)CC[C@@]4(C)[C@]3(C)CCC2C1(C)C. The van der Waals surface area contributed by atoms with Gasteiger partial charge >= 0.3 is 5.97 Å².